The number of unbranched alkanes of at least 4 members (excludes halogenated alkanes) is 11. The first-order valence-corrected chi connectivity index (χ1v) is 10.3. The molecule has 140 valence electrons. The van der Waals surface area contributed by atoms with Crippen molar-refractivity contribution in [1.82, 2.24) is 10.2 Å². The van der Waals surface area contributed by atoms with Gasteiger partial charge < -0.3 is 0 Å². The number of hydrogen-bond donors (Lipinski definition) is 0. The molecule has 0 N–H and O–H groups in total. The van der Waals surface area contributed by atoms with Crippen molar-refractivity contribution >= 4 is 5.78 Å². The van der Waals surface area contributed by atoms with E-state index in [1.807, 2.05) is 0 Å². The number of allylic oxidation sites excluding steroid dienone is 2. The third kappa shape index (κ3) is 12.5. The van der Waals surface area contributed by atoms with E-state index >= 15 is 0 Å². The number of rotatable bonds is 16. The fourth-order valence-electron chi connectivity index (χ4n) is 2.93. The Bertz CT molecular complexity index is 456. The van der Waals surface area contributed by atoms with E-state index < -0.39 is 0 Å². The predicted octanol–water partition coefficient (Wildman–Crippen LogP) is 6.70. The molecule has 0 bridgehead atoms. The van der Waals surface area contributed by atoms with Crippen molar-refractivity contribution in [2.24, 2.45) is 0 Å². The first-order valence-electron chi connectivity index (χ1n) is 10.3. The highest BCUT2D eigenvalue weighted by molar-refractivity contribution is 5.93. The molecule has 0 fully saturated rings. The zero-order valence-electron chi connectivity index (χ0n) is 16.1. The maximum absolute atomic E-state index is 11.9. The molecule has 0 saturated heterocycles. The SMILES string of the molecule is CCCCCCCC/C=C/CCCCCCCC(=O)c1cccnn1. The Morgan fingerprint density at radius 3 is 2.08 bits per heavy atom. The topological polar surface area (TPSA) is 42.9 Å². The average molecular weight is 345 g/mol. The lowest BCUT2D eigenvalue weighted by Gasteiger charge is -2.01. The maximum atomic E-state index is 11.9. The summed E-state index contributed by atoms with van der Waals surface area (Å²) in [6, 6.07) is 3.51. The van der Waals surface area contributed by atoms with Gasteiger partial charge in [0.05, 0.1) is 0 Å². The zero-order valence-corrected chi connectivity index (χ0v) is 16.1. The van der Waals surface area contributed by atoms with E-state index in [1.165, 1.54) is 70.6 Å². The standard InChI is InChI=1S/C22H36N2O/c1-2-3-4-5-6-7-8-9-10-11-12-13-14-15-16-19-22(25)21-18-17-20-23-24-21/h9-10,17-18,20H,2-8,11-16,19H2,1H3/b10-9+. The second-order valence-electron chi connectivity index (χ2n) is 6.87. The first-order chi connectivity index (χ1) is 12.3. The van der Waals surface area contributed by atoms with E-state index in [2.05, 4.69) is 29.3 Å². The molecule has 1 rings (SSSR count). The fraction of sp³-hybridized carbons (Fsp3) is 0.682. The molecule has 25 heavy (non-hydrogen) atoms. The molecule has 0 aliphatic carbocycles. The smallest absolute Gasteiger partial charge is 0.183 e. The minimum atomic E-state index is 0.116. The van der Waals surface area contributed by atoms with Crippen molar-refractivity contribution in [3.05, 3.63) is 36.2 Å². The Kier molecular flexibility index (Phi) is 13.8. The second-order valence-corrected chi connectivity index (χ2v) is 6.87. The number of carbonyl (C=O) groups excluding carboxylic acids is 1. The second kappa shape index (κ2) is 16.0. The van der Waals surface area contributed by atoms with Gasteiger partial charge in [-0.15, -0.1) is 5.10 Å². The highest BCUT2D eigenvalue weighted by atomic mass is 16.1. The summed E-state index contributed by atoms with van der Waals surface area (Å²) < 4.78 is 0. The molecule has 0 amide bonds. The molecule has 1 aromatic rings. The molecule has 0 atom stereocenters. The van der Waals surface area contributed by atoms with Gasteiger partial charge in [0.2, 0.25) is 0 Å². The molecule has 1 aromatic heterocycles. The fourth-order valence-corrected chi connectivity index (χ4v) is 2.93. The zero-order chi connectivity index (χ0) is 18.0. The first kappa shape index (κ1) is 21.5. The summed E-state index contributed by atoms with van der Waals surface area (Å²) in [6.07, 6.45) is 23.5. The molecule has 0 radical (unpaired) electrons. The quantitative estimate of drug-likeness (QED) is 0.190. The van der Waals surface area contributed by atoms with Crippen LogP contribution in [0, 0.1) is 0 Å². The van der Waals surface area contributed by atoms with Crippen LogP contribution in [0.4, 0.5) is 0 Å². The van der Waals surface area contributed by atoms with Gasteiger partial charge >= 0.3 is 0 Å². The van der Waals surface area contributed by atoms with Gasteiger partial charge in [-0.05, 0) is 44.2 Å². The van der Waals surface area contributed by atoms with Gasteiger partial charge in [-0.3, -0.25) is 4.79 Å². The molecular weight excluding hydrogens is 308 g/mol. The predicted molar refractivity (Wildman–Crippen MR) is 106 cm³/mol. The summed E-state index contributed by atoms with van der Waals surface area (Å²) in [7, 11) is 0. The summed E-state index contributed by atoms with van der Waals surface area (Å²) in [4.78, 5) is 11.9. The minimum absolute atomic E-state index is 0.116. The normalized spacial score (nSPS) is 11.2. The van der Waals surface area contributed by atoms with Crippen molar-refractivity contribution in [3.8, 4) is 0 Å². The highest BCUT2D eigenvalue weighted by Gasteiger charge is 2.06. The summed E-state index contributed by atoms with van der Waals surface area (Å²) >= 11 is 0. The maximum Gasteiger partial charge on any atom is 0.183 e. The van der Waals surface area contributed by atoms with E-state index in [1.54, 1.807) is 18.3 Å². The lowest BCUT2D eigenvalue weighted by Crippen LogP contribution is -2.02. The van der Waals surface area contributed by atoms with Crippen LogP contribution in [0.25, 0.3) is 0 Å². The van der Waals surface area contributed by atoms with Crippen LogP contribution < -0.4 is 0 Å². The molecule has 1 heterocycles. The van der Waals surface area contributed by atoms with Gasteiger partial charge in [-0.1, -0.05) is 70.4 Å². The van der Waals surface area contributed by atoms with Crippen LogP contribution in [-0.4, -0.2) is 16.0 Å². The summed E-state index contributed by atoms with van der Waals surface area (Å²) in [5.41, 5.74) is 0.498. The molecule has 0 aromatic carbocycles. The molecule has 3 nitrogen and oxygen atoms in total. The molecule has 0 saturated carbocycles. The highest BCUT2D eigenvalue weighted by Crippen LogP contribution is 2.11. The Hall–Kier alpha value is -1.51. The third-order valence-corrected chi connectivity index (χ3v) is 4.52. The van der Waals surface area contributed by atoms with Gasteiger partial charge in [-0.2, -0.15) is 5.10 Å². The van der Waals surface area contributed by atoms with Gasteiger partial charge in [0.15, 0.2) is 5.78 Å². The van der Waals surface area contributed by atoms with Crippen molar-refractivity contribution in [3.63, 3.8) is 0 Å². The van der Waals surface area contributed by atoms with E-state index in [-0.39, 0.29) is 5.78 Å². The van der Waals surface area contributed by atoms with Crippen molar-refractivity contribution in [2.75, 3.05) is 0 Å². The summed E-state index contributed by atoms with van der Waals surface area (Å²) in [6.45, 7) is 2.27. The number of aromatic nitrogens is 2. The van der Waals surface area contributed by atoms with Gasteiger partial charge in [0.25, 0.3) is 0 Å². The van der Waals surface area contributed by atoms with Crippen molar-refractivity contribution < 1.29 is 4.79 Å². The Labute approximate surface area is 154 Å². The summed E-state index contributed by atoms with van der Waals surface area (Å²) in [5.74, 6) is 0.116. The largest absolute Gasteiger partial charge is 0.292 e. The Morgan fingerprint density at radius 2 is 1.48 bits per heavy atom. The Morgan fingerprint density at radius 1 is 0.880 bits per heavy atom. The van der Waals surface area contributed by atoms with E-state index in [9.17, 15) is 4.79 Å². The number of carbonyl (C=O) groups is 1. The van der Waals surface area contributed by atoms with Crippen molar-refractivity contribution in [1.29, 1.82) is 0 Å². The van der Waals surface area contributed by atoms with E-state index in [4.69, 9.17) is 0 Å². The molecule has 0 aliphatic rings. The molecular formula is C22H36N2O. The molecule has 0 unspecified atom stereocenters. The Balaban J connectivity index is 1.84. The van der Waals surface area contributed by atoms with Crippen molar-refractivity contribution in [2.45, 2.75) is 96.8 Å². The monoisotopic (exact) mass is 344 g/mol. The van der Waals surface area contributed by atoms with E-state index in [0.717, 1.165) is 12.8 Å². The number of Topliss-reactive ketones (excluding diaryl/α,β-unsaturated/α-hetero) is 1. The average Bonchev–Trinajstić information content (AvgIpc) is 2.65. The van der Waals surface area contributed by atoms with Crippen LogP contribution in [0.15, 0.2) is 30.5 Å². The van der Waals surface area contributed by atoms with Crippen LogP contribution in [0.1, 0.15) is 107 Å². The van der Waals surface area contributed by atoms with Crippen LogP contribution in [0.5, 0.6) is 0 Å². The van der Waals surface area contributed by atoms with Crippen LogP contribution in [0.3, 0.4) is 0 Å². The van der Waals surface area contributed by atoms with Gasteiger partial charge in [-0.25, -0.2) is 0 Å². The number of hydrogen-bond acceptors (Lipinski definition) is 3. The third-order valence-electron chi connectivity index (χ3n) is 4.52. The van der Waals surface area contributed by atoms with Gasteiger partial charge in [0.1, 0.15) is 5.69 Å². The number of ketones is 1. The molecule has 0 spiro atoms. The summed E-state index contributed by atoms with van der Waals surface area (Å²) in [5, 5.41) is 7.61. The molecule has 3 heteroatoms. The number of nitrogens with zero attached hydrogens (tertiary/aromatic N) is 2. The van der Waals surface area contributed by atoms with Crippen LogP contribution in [0.2, 0.25) is 0 Å². The van der Waals surface area contributed by atoms with Crippen LogP contribution >= 0.6 is 0 Å². The lowest BCUT2D eigenvalue weighted by atomic mass is 10.1. The minimum Gasteiger partial charge on any atom is -0.292 e. The molecule has 0 aliphatic heterocycles. The van der Waals surface area contributed by atoms with Gasteiger partial charge in [0, 0.05) is 12.6 Å². The van der Waals surface area contributed by atoms with Crippen LogP contribution in [-0.2, 0) is 0 Å². The lowest BCUT2D eigenvalue weighted by molar-refractivity contribution is 0.0973. The van der Waals surface area contributed by atoms with E-state index in [0.29, 0.717) is 12.1 Å².